The Morgan fingerprint density at radius 2 is 1.44 bits per heavy atom. The third-order valence-electron chi connectivity index (χ3n) is 2.70. The molecule has 0 spiro atoms. The molecule has 92 valence electrons. The molecular weight excluding hydrogens is 220 g/mol. The highest BCUT2D eigenvalue weighted by Crippen LogP contribution is 2.14. The summed E-state index contributed by atoms with van der Waals surface area (Å²) >= 11 is 0. The van der Waals surface area contributed by atoms with E-state index in [4.69, 9.17) is 0 Å². The van der Waals surface area contributed by atoms with E-state index in [1.54, 1.807) is 6.34 Å². The van der Waals surface area contributed by atoms with Gasteiger partial charge in [0.1, 0.15) is 0 Å². The maximum Gasteiger partial charge on any atom is 0.0930 e. The van der Waals surface area contributed by atoms with E-state index in [1.807, 2.05) is 12.1 Å². The summed E-state index contributed by atoms with van der Waals surface area (Å²) in [6.07, 6.45) is 1.74. The topological polar surface area (TPSA) is 24.4 Å². The first-order valence-corrected chi connectivity index (χ1v) is 6.07. The molecular formula is C16H18N2. The Hall–Kier alpha value is -2.09. The van der Waals surface area contributed by atoms with E-state index >= 15 is 0 Å². The van der Waals surface area contributed by atoms with Crippen LogP contribution in [0, 0.1) is 20.8 Å². The second-order valence-electron chi connectivity index (χ2n) is 4.61. The Bertz CT molecular complexity index is 534. The van der Waals surface area contributed by atoms with Crippen molar-refractivity contribution in [2.24, 2.45) is 4.99 Å². The van der Waals surface area contributed by atoms with Crippen molar-refractivity contribution in [3.05, 3.63) is 59.2 Å². The molecule has 0 aliphatic rings. The summed E-state index contributed by atoms with van der Waals surface area (Å²) in [6.45, 7) is 6.26. The first-order chi connectivity index (χ1) is 8.63. The molecule has 2 rings (SSSR count). The summed E-state index contributed by atoms with van der Waals surface area (Å²) in [4.78, 5) is 4.37. The standard InChI is InChI=1S/C16H18N2/c1-12-4-6-15(7-5-12)17-11-18-16-9-13(2)8-14(3)10-16/h4-11H,1-3H3,(H,17,18). The van der Waals surface area contributed by atoms with Crippen LogP contribution in [0.25, 0.3) is 0 Å². The number of nitrogens with one attached hydrogen (secondary N) is 1. The van der Waals surface area contributed by atoms with E-state index in [2.05, 4.69) is 61.4 Å². The number of anilines is 1. The molecule has 0 aromatic heterocycles. The third-order valence-corrected chi connectivity index (χ3v) is 2.70. The number of aryl methyl sites for hydroxylation is 3. The largest absolute Gasteiger partial charge is 0.346 e. The van der Waals surface area contributed by atoms with Crippen molar-refractivity contribution in [1.82, 2.24) is 0 Å². The SMILES string of the molecule is Cc1ccc(N=CNc2cc(C)cc(C)c2)cc1. The summed E-state index contributed by atoms with van der Waals surface area (Å²) < 4.78 is 0. The normalized spacial score (nSPS) is 10.8. The summed E-state index contributed by atoms with van der Waals surface area (Å²) in [5.74, 6) is 0. The van der Waals surface area contributed by atoms with Crippen molar-refractivity contribution in [2.45, 2.75) is 20.8 Å². The highest BCUT2D eigenvalue weighted by Gasteiger charge is 1.93. The Labute approximate surface area is 108 Å². The van der Waals surface area contributed by atoms with Crippen LogP contribution in [-0.2, 0) is 0 Å². The maximum absolute atomic E-state index is 4.37. The minimum atomic E-state index is 0.956. The molecule has 0 saturated heterocycles. The molecule has 2 nitrogen and oxygen atoms in total. The average molecular weight is 238 g/mol. The van der Waals surface area contributed by atoms with Crippen LogP contribution >= 0.6 is 0 Å². The number of hydrogen-bond acceptors (Lipinski definition) is 1. The van der Waals surface area contributed by atoms with Crippen LogP contribution in [0.3, 0.4) is 0 Å². The fourth-order valence-electron chi connectivity index (χ4n) is 1.87. The molecule has 0 radical (unpaired) electrons. The van der Waals surface area contributed by atoms with Crippen molar-refractivity contribution in [2.75, 3.05) is 5.32 Å². The van der Waals surface area contributed by atoms with Crippen LogP contribution in [0.15, 0.2) is 47.5 Å². The molecule has 2 aromatic carbocycles. The third kappa shape index (κ3) is 3.45. The number of rotatable bonds is 3. The maximum atomic E-state index is 4.37. The van der Waals surface area contributed by atoms with E-state index < -0.39 is 0 Å². The second-order valence-corrected chi connectivity index (χ2v) is 4.61. The molecule has 0 unspecified atom stereocenters. The summed E-state index contributed by atoms with van der Waals surface area (Å²) in [5.41, 5.74) is 5.78. The van der Waals surface area contributed by atoms with E-state index in [-0.39, 0.29) is 0 Å². The highest BCUT2D eigenvalue weighted by molar-refractivity contribution is 5.78. The molecule has 0 amide bonds. The van der Waals surface area contributed by atoms with Crippen molar-refractivity contribution < 1.29 is 0 Å². The zero-order chi connectivity index (χ0) is 13.0. The van der Waals surface area contributed by atoms with Crippen LogP contribution in [0.4, 0.5) is 11.4 Å². The van der Waals surface area contributed by atoms with E-state index in [0.29, 0.717) is 0 Å². The number of hydrogen-bond donors (Lipinski definition) is 1. The van der Waals surface area contributed by atoms with Crippen molar-refractivity contribution in [3.63, 3.8) is 0 Å². The van der Waals surface area contributed by atoms with Gasteiger partial charge in [0, 0.05) is 5.69 Å². The lowest BCUT2D eigenvalue weighted by Crippen LogP contribution is -1.95. The predicted octanol–water partition coefficient (Wildman–Crippen LogP) is 4.38. The molecule has 0 atom stereocenters. The average Bonchev–Trinajstić information content (AvgIpc) is 2.30. The smallest absolute Gasteiger partial charge is 0.0930 e. The van der Waals surface area contributed by atoms with E-state index in [1.165, 1.54) is 16.7 Å². The minimum Gasteiger partial charge on any atom is -0.346 e. The molecule has 0 bridgehead atoms. The number of benzene rings is 2. The zero-order valence-corrected chi connectivity index (χ0v) is 11.1. The summed E-state index contributed by atoms with van der Waals surface area (Å²) in [5, 5.41) is 3.20. The van der Waals surface area contributed by atoms with Crippen LogP contribution in [-0.4, -0.2) is 6.34 Å². The van der Waals surface area contributed by atoms with E-state index in [9.17, 15) is 0 Å². The van der Waals surface area contributed by atoms with Gasteiger partial charge in [0.05, 0.1) is 12.0 Å². The molecule has 2 aromatic rings. The van der Waals surface area contributed by atoms with Gasteiger partial charge in [-0.25, -0.2) is 4.99 Å². The van der Waals surface area contributed by atoms with Gasteiger partial charge < -0.3 is 5.32 Å². The highest BCUT2D eigenvalue weighted by atomic mass is 14.9. The minimum absolute atomic E-state index is 0.956. The molecule has 0 aliphatic heterocycles. The van der Waals surface area contributed by atoms with Crippen molar-refractivity contribution in [1.29, 1.82) is 0 Å². The van der Waals surface area contributed by atoms with Gasteiger partial charge in [-0.2, -0.15) is 0 Å². The lowest BCUT2D eigenvalue weighted by molar-refractivity contribution is 1.38. The van der Waals surface area contributed by atoms with Crippen molar-refractivity contribution in [3.8, 4) is 0 Å². The Kier molecular flexibility index (Phi) is 3.78. The summed E-state index contributed by atoms with van der Waals surface area (Å²) in [6, 6.07) is 14.5. The van der Waals surface area contributed by atoms with Gasteiger partial charge in [0.15, 0.2) is 0 Å². The molecule has 0 saturated carbocycles. The second kappa shape index (κ2) is 5.50. The Balaban J connectivity index is 2.04. The van der Waals surface area contributed by atoms with Gasteiger partial charge in [-0.15, -0.1) is 0 Å². The van der Waals surface area contributed by atoms with Gasteiger partial charge in [0.2, 0.25) is 0 Å². The fourth-order valence-corrected chi connectivity index (χ4v) is 1.87. The molecule has 0 aliphatic carbocycles. The van der Waals surface area contributed by atoms with E-state index in [0.717, 1.165) is 11.4 Å². The fraction of sp³-hybridized carbons (Fsp3) is 0.188. The van der Waals surface area contributed by atoms with Gasteiger partial charge in [0.25, 0.3) is 0 Å². The van der Waals surface area contributed by atoms with Crippen LogP contribution in [0.5, 0.6) is 0 Å². The lowest BCUT2D eigenvalue weighted by atomic mass is 10.1. The quantitative estimate of drug-likeness (QED) is 0.622. The first-order valence-electron chi connectivity index (χ1n) is 6.07. The predicted molar refractivity (Wildman–Crippen MR) is 78.9 cm³/mol. The van der Waals surface area contributed by atoms with Gasteiger partial charge in [-0.05, 0) is 56.2 Å². The van der Waals surface area contributed by atoms with Gasteiger partial charge in [-0.3, -0.25) is 0 Å². The zero-order valence-electron chi connectivity index (χ0n) is 11.1. The molecule has 2 heteroatoms. The van der Waals surface area contributed by atoms with Crippen LogP contribution in [0.2, 0.25) is 0 Å². The lowest BCUT2D eigenvalue weighted by Gasteiger charge is -2.03. The summed E-state index contributed by atoms with van der Waals surface area (Å²) in [7, 11) is 0. The Morgan fingerprint density at radius 3 is 2.06 bits per heavy atom. The Morgan fingerprint density at radius 1 is 0.833 bits per heavy atom. The molecule has 0 heterocycles. The monoisotopic (exact) mass is 238 g/mol. The van der Waals surface area contributed by atoms with Crippen molar-refractivity contribution >= 4 is 17.7 Å². The van der Waals surface area contributed by atoms with Gasteiger partial charge >= 0.3 is 0 Å². The molecule has 1 N–H and O–H groups in total. The molecule has 18 heavy (non-hydrogen) atoms. The van der Waals surface area contributed by atoms with Crippen LogP contribution < -0.4 is 5.32 Å². The number of nitrogens with zero attached hydrogens (tertiary/aromatic N) is 1. The van der Waals surface area contributed by atoms with Crippen LogP contribution in [0.1, 0.15) is 16.7 Å². The first kappa shape index (κ1) is 12.4. The number of aliphatic imine (C=N–C) groups is 1. The van der Waals surface area contributed by atoms with Gasteiger partial charge in [-0.1, -0.05) is 23.8 Å². The molecule has 0 fully saturated rings.